The normalized spacial score (nSPS) is 25.9. The minimum Gasteiger partial charge on any atom is -0.328 e. The zero-order valence-corrected chi connectivity index (χ0v) is 12.5. The Morgan fingerprint density at radius 3 is 2.75 bits per heavy atom. The molecular weight excluding hydrogens is 272 g/mol. The van der Waals surface area contributed by atoms with E-state index in [1.54, 1.807) is 6.07 Å². The highest BCUT2D eigenvalue weighted by Crippen LogP contribution is 2.26. The summed E-state index contributed by atoms with van der Waals surface area (Å²) in [7, 11) is -3.38. The Balaban J connectivity index is 1.68. The maximum atomic E-state index is 12.3. The summed E-state index contributed by atoms with van der Waals surface area (Å²) < 4.78 is 27.4. The van der Waals surface area contributed by atoms with Crippen LogP contribution in [-0.2, 0) is 22.9 Å². The number of fused-ring (bicyclic) bond motifs is 1. The van der Waals surface area contributed by atoms with E-state index < -0.39 is 10.0 Å². The van der Waals surface area contributed by atoms with Crippen LogP contribution in [0, 0.1) is 5.92 Å². The van der Waals surface area contributed by atoms with Gasteiger partial charge < -0.3 is 5.73 Å². The fourth-order valence-corrected chi connectivity index (χ4v) is 4.49. The van der Waals surface area contributed by atoms with Crippen molar-refractivity contribution >= 4 is 10.0 Å². The first-order valence-corrected chi connectivity index (χ1v) is 8.90. The summed E-state index contributed by atoms with van der Waals surface area (Å²) in [5.41, 5.74) is 8.35. The molecular formula is C15H22N2O2S. The SMILES string of the molecule is NC1CCC(CNS(=O)(=O)c2ccc3c(c2)CCC3)C1. The Labute approximate surface area is 120 Å². The van der Waals surface area contributed by atoms with E-state index in [4.69, 9.17) is 5.73 Å². The number of nitrogens with one attached hydrogen (secondary N) is 1. The van der Waals surface area contributed by atoms with Crippen LogP contribution in [0.3, 0.4) is 0 Å². The predicted octanol–water partition coefficient (Wildman–Crippen LogP) is 1.58. The minimum absolute atomic E-state index is 0.240. The van der Waals surface area contributed by atoms with E-state index in [2.05, 4.69) is 4.72 Å². The van der Waals surface area contributed by atoms with Gasteiger partial charge in [0, 0.05) is 12.6 Å². The van der Waals surface area contributed by atoms with Gasteiger partial charge in [0.05, 0.1) is 4.90 Å². The van der Waals surface area contributed by atoms with Gasteiger partial charge >= 0.3 is 0 Å². The van der Waals surface area contributed by atoms with E-state index in [0.717, 1.165) is 38.5 Å². The molecule has 1 saturated carbocycles. The van der Waals surface area contributed by atoms with Crippen molar-refractivity contribution in [2.75, 3.05) is 6.54 Å². The molecule has 110 valence electrons. The van der Waals surface area contributed by atoms with Crippen LogP contribution in [0.25, 0.3) is 0 Å². The quantitative estimate of drug-likeness (QED) is 0.885. The van der Waals surface area contributed by atoms with Crippen LogP contribution in [0.5, 0.6) is 0 Å². The lowest BCUT2D eigenvalue weighted by molar-refractivity contribution is 0.512. The lowest BCUT2D eigenvalue weighted by Gasteiger charge is -2.12. The number of hydrogen-bond donors (Lipinski definition) is 2. The Bertz CT molecular complexity index is 598. The summed E-state index contributed by atoms with van der Waals surface area (Å²) in [6, 6.07) is 5.77. The van der Waals surface area contributed by atoms with Crippen molar-refractivity contribution in [2.45, 2.75) is 49.5 Å². The zero-order chi connectivity index (χ0) is 14.2. The molecule has 2 unspecified atom stereocenters. The number of benzene rings is 1. The standard InChI is InChI=1S/C15H22N2O2S/c16-14-6-4-11(8-14)10-17-20(18,19)15-7-5-12-2-1-3-13(12)9-15/h5,7,9,11,14,17H,1-4,6,8,10,16H2. The summed E-state index contributed by atoms with van der Waals surface area (Å²) in [6.07, 6.45) is 6.15. The Hall–Kier alpha value is -0.910. The van der Waals surface area contributed by atoms with Crippen molar-refractivity contribution in [3.63, 3.8) is 0 Å². The van der Waals surface area contributed by atoms with E-state index in [0.29, 0.717) is 17.4 Å². The van der Waals surface area contributed by atoms with E-state index in [1.165, 1.54) is 11.1 Å². The summed E-state index contributed by atoms with van der Waals surface area (Å²) in [5.74, 6) is 0.384. The van der Waals surface area contributed by atoms with Gasteiger partial charge in [-0.25, -0.2) is 13.1 Å². The van der Waals surface area contributed by atoms with Gasteiger partial charge in [-0.2, -0.15) is 0 Å². The molecule has 1 fully saturated rings. The second-order valence-corrected chi connectivity index (χ2v) is 7.84. The monoisotopic (exact) mass is 294 g/mol. The Kier molecular flexibility index (Phi) is 3.84. The van der Waals surface area contributed by atoms with E-state index >= 15 is 0 Å². The van der Waals surface area contributed by atoms with Gasteiger partial charge in [0.15, 0.2) is 0 Å². The lowest BCUT2D eigenvalue weighted by Crippen LogP contribution is -2.29. The molecule has 0 spiro atoms. The van der Waals surface area contributed by atoms with Crippen molar-refractivity contribution in [2.24, 2.45) is 11.7 Å². The van der Waals surface area contributed by atoms with Crippen LogP contribution in [-0.4, -0.2) is 21.0 Å². The van der Waals surface area contributed by atoms with Crippen molar-refractivity contribution < 1.29 is 8.42 Å². The molecule has 3 N–H and O–H groups in total. The molecule has 5 heteroatoms. The average Bonchev–Trinajstić information content (AvgIpc) is 3.04. The second-order valence-electron chi connectivity index (χ2n) is 6.08. The van der Waals surface area contributed by atoms with Crippen LogP contribution in [0.15, 0.2) is 23.1 Å². The highest BCUT2D eigenvalue weighted by Gasteiger charge is 2.24. The molecule has 3 rings (SSSR count). The topological polar surface area (TPSA) is 72.2 Å². The van der Waals surface area contributed by atoms with Gasteiger partial charge in [-0.05, 0) is 67.7 Å². The number of sulfonamides is 1. The molecule has 0 amide bonds. The summed E-state index contributed by atoms with van der Waals surface area (Å²) in [5, 5.41) is 0. The molecule has 2 aliphatic rings. The highest BCUT2D eigenvalue weighted by atomic mass is 32.2. The first-order valence-electron chi connectivity index (χ1n) is 7.41. The molecule has 0 radical (unpaired) electrons. The summed E-state index contributed by atoms with van der Waals surface area (Å²) >= 11 is 0. The third-order valence-corrected chi connectivity index (χ3v) is 5.95. The van der Waals surface area contributed by atoms with E-state index in [9.17, 15) is 8.42 Å². The smallest absolute Gasteiger partial charge is 0.240 e. The first kappa shape index (κ1) is 14.0. The van der Waals surface area contributed by atoms with Gasteiger partial charge in [-0.3, -0.25) is 0 Å². The first-order chi connectivity index (χ1) is 9.54. The average molecular weight is 294 g/mol. The van der Waals surface area contributed by atoms with Crippen molar-refractivity contribution in [3.05, 3.63) is 29.3 Å². The molecule has 0 aliphatic heterocycles. The van der Waals surface area contributed by atoms with Crippen LogP contribution >= 0.6 is 0 Å². The van der Waals surface area contributed by atoms with Gasteiger partial charge in [-0.1, -0.05) is 6.07 Å². The molecule has 20 heavy (non-hydrogen) atoms. The predicted molar refractivity (Wildman–Crippen MR) is 79.0 cm³/mol. The van der Waals surface area contributed by atoms with Gasteiger partial charge in [-0.15, -0.1) is 0 Å². The van der Waals surface area contributed by atoms with Crippen molar-refractivity contribution in [1.29, 1.82) is 0 Å². The van der Waals surface area contributed by atoms with E-state index in [1.807, 2.05) is 12.1 Å². The third kappa shape index (κ3) is 2.90. The molecule has 0 aromatic heterocycles. The molecule has 0 saturated heterocycles. The highest BCUT2D eigenvalue weighted by molar-refractivity contribution is 7.89. The second kappa shape index (κ2) is 5.47. The van der Waals surface area contributed by atoms with Gasteiger partial charge in [0.2, 0.25) is 10.0 Å². The molecule has 2 aliphatic carbocycles. The number of aryl methyl sites for hydroxylation is 2. The fourth-order valence-electron chi connectivity index (χ4n) is 3.33. The summed E-state index contributed by atoms with van der Waals surface area (Å²) in [6.45, 7) is 0.507. The maximum absolute atomic E-state index is 12.3. The fraction of sp³-hybridized carbons (Fsp3) is 0.600. The van der Waals surface area contributed by atoms with Crippen molar-refractivity contribution in [1.82, 2.24) is 4.72 Å². The summed E-state index contributed by atoms with van der Waals surface area (Å²) in [4.78, 5) is 0.403. The maximum Gasteiger partial charge on any atom is 0.240 e. The minimum atomic E-state index is -3.38. The van der Waals surface area contributed by atoms with Crippen LogP contribution in [0.1, 0.15) is 36.8 Å². The van der Waals surface area contributed by atoms with E-state index in [-0.39, 0.29) is 6.04 Å². The Morgan fingerprint density at radius 2 is 2.00 bits per heavy atom. The van der Waals surface area contributed by atoms with Crippen LogP contribution in [0.2, 0.25) is 0 Å². The van der Waals surface area contributed by atoms with Crippen molar-refractivity contribution in [3.8, 4) is 0 Å². The van der Waals surface area contributed by atoms with Crippen LogP contribution < -0.4 is 10.5 Å². The molecule has 4 nitrogen and oxygen atoms in total. The zero-order valence-electron chi connectivity index (χ0n) is 11.6. The largest absolute Gasteiger partial charge is 0.328 e. The molecule has 0 heterocycles. The molecule has 1 aromatic rings. The number of hydrogen-bond acceptors (Lipinski definition) is 3. The van der Waals surface area contributed by atoms with Gasteiger partial charge in [0.25, 0.3) is 0 Å². The number of nitrogens with two attached hydrogens (primary N) is 1. The Morgan fingerprint density at radius 1 is 1.20 bits per heavy atom. The third-order valence-electron chi connectivity index (χ3n) is 4.52. The lowest BCUT2D eigenvalue weighted by atomic mass is 10.1. The number of rotatable bonds is 4. The molecule has 0 bridgehead atoms. The molecule has 1 aromatic carbocycles. The van der Waals surface area contributed by atoms with Crippen LogP contribution in [0.4, 0.5) is 0 Å². The molecule has 2 atom stereocenters. The van der Waals surface area contributed by atoms with Gasteiger partial charge in [0.1, 0.15) is 0 Å².